The Balaban J connectivity index is 1.37. The van der Waals surface area contributed by atoms with E-state index in [-0.39, 0.29) is 33.8 Å². The standard InChI is InChI=1S/C24H22ClN5O5S/c1-15(31)28-10-12-29(13-11-28)20-7-6-16(14-18(20)25)26-24(36)27-23(32)22-9-8-21(35-22)17-4-2-3-5-19(17)30(33)34/h2-9,14H,10-13H2,1H3,(H2,26,27,32,36). The zero-order valence-corrected chi connectivity index (χ0v) is 20.8. The van der Waals surface area contributed by atoms with E-state index in [1.54, 1.807) is 42.2 Å². The molecule has 1 fully saturated rings. The summed E-state index contributed by atoms with van der Waals surface area (Å²) in [6.45, 7) is 4.18. The molecule has 10 nitrogen and oxygen atoms in total. The van der Waals surface area contributed by atoms with Crippen molar-refractivity contribution < 1.29 is 18.9 Å². The second kappa shape index (κ2) is 10.8. The van der Waals surface area contributed by atoms with Crippen LogP contribution in [-0.4, -0.2) is 52.9 Å². The molecule has 12 heteroatoms. The average molecular weight is 528 g/mol. The van der Waals surface area contributed by atoms with Gasteiger partial charge in [0.15, 0.2) is 10.9 Å². The number of amides is 2. The summed E-state index contributed by atoms with van der Waals surface area (Å²) in [6, 6.07) is 14.3. The minimum Gasteiger partial charge on any atom is -0.451 e. The second-order valence-electron chi connectivity index (χ2n) is 8.01. The number of nitro benzene ring substituents is 1. The summed E-state index contributed by atoms with van der Waals surface area (Å²) in [7, 11) is 0. The predicted octanol–water partition coefficient (Wildman–Crippen LogP) is 4.30. The van der Waals surface area contributed by atoms with Gasteiger partial charge in [0.2, 0.25) is 5.91 Å². The maximum atomic E-state index is 12.6. The summed E-state index contributed by atoms with van der Waals surface area (Å²) in [5.74, 6) is -0.408. The van der Waals surface area contributed by atoms with Crippen LogP contribution in [0.4, 0.5) is 17.1 Å². The van der Waals surface area contributed by atoms with Crippen molar-refractivity contribution in [2.75, 3.05) is 36.4 Å². The molecule has 0 saturated carbocycles. The topological polar surface area (TPSA) is 121 Å². The van der Waals surface area contributed by atoms with Crippen molar-refractivity contribution in [1.82, 2.24) is 10.2 Å². The van der Waals surface area contributed by atoms with Gasteiger partial charge in [-0.25, -0.2) is 0 Å². The molecule has 0 aliphatic carbocycles. The number of nitrogens with zero attached hydrogens (tertiary/aromatic N) is 3. The number of para-hydroxylation sites is 1. The summed E-state index contributed by atoms with van der Waals surface area (Å²) >= 11 is 11.7. The summed E-state index contributed by atoms with van der Waals surface area (Å²) in [5.41, 5.74) is 1.56. The van der Waals surface area contributed by atoms with Crippen LogP contribution in [0.25, 0.3) is 11.3 Å². The van der Waals surface area contributed by atoms with E-state index in [1.807, 2.05) is 6.07 Å². The highest BCUT2D eigenvalue weighted by Crippen LogP contribution is 2.31. The first-order valence-electron chi connectivity index (χ1n) is 11.0. The molecule has 0 bridgehead atoms. The molecule has 1 aliphatic rings. The van der Waals surface area contributed by atoms with Gasteiger partial charge < -0.3 is 19.5 Å². The van der Waals surface area contributed by atoms with Gasteiger partial charge in [-0.2, -0.15) is 0 Å². The van der Waals surface area contributed by atoms with Crippen LogP contribution >= 0.6 is 23.8 Å². The summed E-state index contributed by atoms with van der Waals surface area (Å²) < 4.78 is 5.54. The SMILES string of the molecule is CC(=O)N1CCN(c2ccc(NC(=S)NC(=O)c3ccc(-c4ccccc4[N+](=O)[O-])o3)cc2Cl)CC1. The molecule has 1 saturated heterocycles. The Kier molecular flexibility index (Phi) is 7.51. The normalized spacial score (nSPS) is 13.3. The molecule has 186 valence electrons. The number of nitro groups is 1. The maximum Gasteiger partial charge on any atom is 0.293 e. The molecular formula is C24H22ClN5O5S. The molecule has 0 radical (unpaired) electrons. The number of hydrogen-bond donors (Lipinski definition) is 2. The van der Waals surface area contributed by atoms with Crippen molar-refractivity contribution in [3.63, 3.8) is 0 Å². The first kappa shape index (κ1) is 25.1. The number of thiocarbonyl (C=S) groups is 1. The van der Waals surface area contributed by atoms with E-state index in [2.05, 4.69) is 15.5 Å². The lowest BCUT2D eigenvalue weighted by atomic mass is 10.1. The largest absolute Gasteiger partial charge is 0.451 e. The quantitative estimate of drug-likeness (QED) is 0.286. The number of anilines is 2. The molecule has 4 rings (SSSR count). The van der Waals surface area contributed by atoms with Gasteiger partial charge in [-0.15, -0.1) is 0 Å². The monoisotopic (exact) mass is 527 g/mol. The number of nitrogens with one attached hydrogen (secondary N) is 2. The summed E-state index contributed by atoms with van der Waals surface area (Å²) in [4.78, 5) is 38.8. The molecule has 1 aromatic heterocycles. The third kappa shape index (κ3) is 5.64. The molecular weight excluding hydrogens is 506 g/mol. The van der Waals surface area contributed by atoms with Gasteiger partial charge in [0.05, 0.1) is 21.2 Å². The minimum atomic E-state index is -0.608. The highest BCUT2D eigenvalue weighted by atomic mass is 35.5. The highest BCUT2D eigenvalue weighted by molar-refractivity contribution is 7.80. The zero-order chi connectivity index (χ0) is 25.8. The van der Waals surface area contributed by atoms with E-state index in [1.165, 1.54) is 18.2 Å². The van der Waals surface area contributed by atoms with Crippen LogP contribution in [0.15, 0.2) is 59.0 Å². The van der Waals surface area contributed by atoms with Crippen molar-refractivity contribution in [2.24, 2.45) is 0 Å². The average Bonchev–Trinajstić information content (AvgIpc) is 3.34. The Morgan fingerprint density at radius 3 is 2.47 bits per heavy atom. The van der Waals surface area contributed by atoms with E-state index < -0.39 is 10.8 Å². The molecule has 2 heterocycles. The van der Waals surface area contributed by atoms with Crippen molar-refractivity contribution in [3.05, 3.63) is 75.5 Å². The van der Waals surface area contributed by atoms with Gasteiger partial charge in [-0.05, 0) is 48.6 Å². The van der Waals surface area contributed by atoms with E-state index in [4.69, 9.17) is 28.2 Å². The first-order chi connectivity index (χ1) is 17.2. The van der Waals surface area contributed by atoms with Gasteiger partial charge in [-0.3, -0.25) is 25.0 Å². The lowest BCUT2D eigenvalue weighted by molar-refractivity contribution is -0.384. The Labute approximate surface area is 217 Å². The van der Waals surface area contributed by atoms with Crippen LogP contribution in [0.3, 0.4) is 0 Å². The third-order valence-corrected chi connectivity index (χ3v) is 6.20. The highest BCUT2D eigenvalue weighted by Gasteiger charge is 2.22. The van der Waals surface area contributed by atoms with Crippen LogP contribution in [-0.2, 0) is 4.79 Å². The Hall–Kier alpha value is -3.96. The van der Waals surface area contributed by atoms with Crippen LogP contribution in [0.5, 0.6) is 0 Å². The summed E-state index contributed by atoms with van der Waals surface area (Å²) in [5, 5.41) is 17.2. The van der Waals surface area contributed by atoms with Gasteiger partial charge >= 0.3 is 0 Å². The number of rotatable bonds is 5. The number of carbonyl (C=O) groups excluding carboxylic acids is 2. The van der Waals surface area contributed by atoms with Gasteiger partial charge in [0, 0.05) is 44.9 Å². The van der Waals surface area contributed by atoms with Crippen molar-refractivity contribution in [2.45, 2.75) is 6.92 Å². The fraction of sp³-hybridized carbons (Fsp3) is 0.208. The number of piperazine rings is 1. The van der Waals surface area contributed by atoms with E-state index in [0.717, 1.165) is 5.69 Å². The molecule has 36 heavy (non-hydrogen) atoms. The molecule has 0 atom stereocenters. The zero-order valence-electron chi connectivity index (χ0n) is 19.2. The molecule has 2 aromatic carbocycles. The second-order valence-corrected chi connectivity index (χ2v) is 8.82. The molecule has 1 aliphatic heterocycles. The van der Waals surface area contributed by atoms with Crippen LogP contribution < -0.4 is 15.5 Å². The van der Waals surface area contributed by atoms with Crippen molar-refractivity contribution in [1.29, 1.82) is 0 Å². The minimum absolute atomic E-state index is 0.0301. The molecule has 2 N–H and O–H groups in total. The summed E-state index contributed by atoms with van der Waals surface area (Å²) in [6.07, 6.45) is 0. The van der Waals surface area contributed by atoms with Gasteiger partial charge in [-0.1, -0.05) is 23.7 Å². The Bertz CT molecular complexity index is 1340. The van der Waals surface area contributed by atoms with Crippen LogP contribution in [0.1, 0.15) is 17.5 Å². The first-order valence-corrected chi connectivity index (χ1v) is 11.8. The third-order valence-electron chi connectivity index (χ3n) is 5.69. The number of furan rings is 1. The lowest BCUT2D eigenvalue weighted by Gasteiger charge is -2.36. The Morgan fingerprint density at radius 1 is 1.08 bits per heavy atom. The predicted molar refractivity (Wildman–Crippen MR) is 140 cm³/mol. The van der Waals surface area contributed by atoms with Crippen molar-refractivity contribution in [3.8, 4) is 11.3 Å². The number of carbonyl (C=O) groups is 2. The fourth-order valence-corrected chi connectivity index (χ4v) is 4.39. The van der Waals surface area contributed by atoms with E-state index >= 15 is 0 Å². The lowest BCUT2D eigenvalue weighted by Crippen LogP contribution is -2.48. The Morgan fingerprint density at radius 2 is 1.81 bits per heavy atom. The molecule has 0 spiro atoms. The van der Waals surface area contributed by atoms with Crippen LogP contribution in [0, 0.1) is 10.1 Å². The molecule has 0 unspecified atom stereocenters. The number of benzene rings is 2. The molecule has 3 aromatic rings. The smallest absolute Gasteiger partial charge is 0.293 e. The maximum absolute atomic E-state index is 12.6. The fourth-order valence-electron chi connectivity index (χ4n) is 3.88. The number of halogens is 1. The van der Waals surface area contributed by atoms with Gasteiger partial charge in [0.1, 0.15) is 5.76 Å². The molecule has 2 amide bonds. The van der Waals surface area contributed by atoms with Crippen molar-refractivity contribution >= 4 is 57.8 Å². The van der Waals surface area contributed by atoms with E-state index in [0.29, 0.717) is 36.9 Å². The van der Waals surface area contributed by atoms with Crippen LogP contribution in [0.2, 0.25) is 5.02 Å². The van der Waals surface area contributed by atoms with Gasteiger partial charge in [0.25, 0.3) is 11.6 Å². The number of hydrogen-bond acceptors (Lipinski definition) is 7. The van der Waals surface area contributed by atoms with E-state index in [9.17, 15) is 19.7 Å².